The summed E-state index contributed by atoms with van der Waals surface area (Å²) in [5.41, 5.74) is 0.696. The van der Waals surface area contributed by atoms with Gasteiger partial charge in [-0.05, 0) is 23.8 Å². The molecule has 1 aliphatic heterocycles. The Morgan fingerprint density at radius 2 is 1.94 bits per heavy atom. The van der Waals surface area contributed by atoms with Crippen LogP contribution in [0.4, 0.5) is 8.78 Å². The van der Waals surface area contributed by atoms with Gasteiger partial charge in [-0.3, -0.25) is 4.90 Å². The molecule has 1 aromatic rings. The van der Waals surface area contributed by atoms with Crippen LogP contribution in [0, 0.1) is 5.82 Å². The molecule has 1 N–H and O–H groups in total. The molecule has 1 atom stereocenters. The van der Waals surface area contributed by atoms with Crippen molar-refractivity contribution >= 4 is 28.3 Å². The maximum Gasteiger partial charge on any atom is 0.124 e. The molecule has 1 saturated heterocycles. The molecule has 0 amide bonds. The van der Waals surface area contributed by atoms with Crippen molar-refractivity contribution in [3.8, 4) is 0 Å². The van der Waals surface area contributed by atoms with E-state index in [1.807, 2.05) is 0 Å². The zero-order valence-corrected chi connectivity index (χ0v) is 12.2. The first-order chi connectivity index (χ1) is 8.20. The van der Waals surface area contributed by atoms with Crippen molar-refractivity contribution in [2.75, 3.05) is 32.9 Å². The van der Waals surface area contributed by atoms with Crippen molar-refractivity contribution < 1.29 is 8.78 Å². The summed E-state index contributed by atoms with van der Waals surface area (Å²) in [6.07, 6.45) is 0. The van der Waals surface area contributed by atoms with Gasteiger partial charge in [0.25, 0.3) is 0 Å². The lowest BCUT2D eigenvalue weighted by Gasteiger charge is -2.33. The summed E-state index contributed by atoms with van der Waals surface area (Å²) in [6.45, 7) is 2.81. The largest absolute Gasteiger partial charge is 0.314 e. The van der Waals surface area contributed by atoms with E-state index in [2.05, 4.69) is 26.1 Å². The molecule has 1 fully saturated rings. The molecular weight excluding hydrogens is 325 g/mol. The monoisotopic (exact) mass is 340 g/mol. The molecule has 2 rings (SSSR count). The van der Waals surface area contributed by atoms with Crippen molar-refractivity contribution in [1.82, 2.24) is 10.2 Å². The van der Waals surface area contributed by atoms with Gasteiger partial charge in [0.2, 0.25) is 0 Å². The molecule has 18 heavy (non-hydrogen) atoms. The Bertz CT molecular complexity index is 366. The molecule has 0 aromatic heterocycles. The number of hydrogen-bond donors (Lipinski definition) is 1. The van der Waals surface area contributed by atoms with Crippen LogP contribution >= 0.6 is 28.3 Å². The Balaban J connectivity index is 0.00000162. The van der Waals surface area contributed by atoms with E-state index in [1.165, 1.54) is 12.1 Å². The summed E-state index contributed by atoms with van der Waals surface area (Å²) in [4.78, 5) is 2.05. The van der Waals surface area contributed by atoms with Crippen LogP contribution < -0.4 is 5.32 Å². The van der Waals surface area contributed by atoms with Crippen molar-refractivity contribution in [2.24, 2.45) is 0 Å². The van der Waals surface area contributed by atoms with Gasteiger partial charge in [0, 0.05) is 30.7 Å². The fraction of sp³-hybridized carbons (Fsp3) is 0.500. The Morgan fingerprint density at radius 3 is 2.50 bits per heavy atom. The third-order valence-electron chi connectivity index (χ3n) is 3.01. The van der Waals surface area contributed by atoms with Gasteiger partial charge in [-0.2, -0.15) is 0 Å². The quantitative estimate of drug-likeness (QED) is 0.909. The molecule has 0 bridgehead atoms. The second-order valence-corrected chi connectivity index (χ2v) is 5.07. The highest BCUT2D eigenvalue weighted by atomic mass is 79.9. The average Bonchev–Trinajstić information content (AvgIpc) is 2.30. The van der Waals surface area contributed by atoms with Gasteiger partial charge in [-0.25, -0.2) is 8.78 Å². The first kappa shape index (κ1) is 15.8. The third kappa shape index (κ3) is 3.88. The summed E-state index contributed by atoms with van der Waals surface area (Å²) < 4.78 is 27.2. The van der Waals surface area contributed by atoms with Gasteiger partial charge in [0.15, 0.2) is 0 Å². The second kappa shape index (κ2) is 7.38. The first-order valence-corrected chi connectivity index (χ1v) is 6.46. The topological polar surface area (TPSA) is 15.3 Å². The van der Waals surface area contributed by atoms with Gasteiger partial charge in [0.05, 0.1) is 6.04 Å². The Hall–Kier alpha value is -0.230. The molecule has 0 saturated carbocycles. The number of nitrogens with zero attached hydrogens (tertiary/aromatic N) is 1. The maximum atomic E-state index is 13.3. The molecule has 1 aromatic carbocycles. The van der Waals surface area contributed by atoms with Crippen LogP contribution in [0.15, 0.2) is 22.7 Å². The number of benzene rings is 1. The minimum absolute atomic E-state index is 0. The molecule has 0 unspecified atom stereocenters. The lowest BCUT2D eigenvalue weighted by molar-refractivity contribution is 0.147. The van der Waals surface area contributed by atoms with Crippen molar-refractivity contribution in [2.45, 2.75) is 6.04 Å². The van der Waals surface area contributed by atoms with E-state index in [1.54, 1.807) is 6.07 Å². The Morgan fingerprint density at radius 1 is 1.28 bits per heavy atom. The summed E-state index contributed by atoms with van der Waals surface area (Å²) >= 11 is 3.24. The van der Waals surface area contributed by atoms with Crippen molar-refractivity contribution in [1.29, 1.82) is 0 Å². The summed E-state index contributed by atoms with van der Waals surface area (Å²) in [7, 11) is 0. The molecule has 102 valence electrons. The van der Waals surface area contributed by atoms with Crippen LogP contribution in [0.1, 0.15) is 11.6 Å². The summed E-state index contributed by atoms with van der Waals surface area (Å²) in [5, 5.41) is 3.22. The summed E-state index contributed by atoms with van der Waals surface area (Å²) in [5.74, 6) is -0.331. The van der Waals surface area contributed by atoms with Crippen LogP contribution in [-0.4, -0.2) is 37.8 Å². The minimum atomic E-state index is -0.490. The fourth-order valence-corrected chi connectivity index (χ4v) is 2.64. The van der Waals surface area contributed by atoms with E-state index >= 15 is 0 Å². The van der Waals surface area contributed by atoms with Crippen molar-refractivity contribution in [3.05, 3.63) is 34.1 Å². The van der Waals surface area contributed by atoms with Crippen LogP contribution in [0.25, 0.3) is 0 Å². The van der Waals surface area contributed by atoms with E-state index in [0.717, 1.165) is 26.2 Å². The molecule has 0 aliphatic carbocycles. The lowest BCUT2D eigenvalue weighted by atomic mass is 10.1. The zero-order valence-electron chi connectivity index (χ0n) is 9.83. The Labute approximate surface area is 120 Å². The molecule has 0 spiro atoms. The van der Waals surface area contributed by atoms with Crippen LogP contribution in [0.5, 0.6) is 0 Å². The fourth-order valence-electron chi connectivity index (χ4n) is 2.16. The van der Waals surface area contributed by atoms with E-state index in [4.69, 9.17) is 0 Å². The third-order valence-corrected chi connectivity index (χ3v) is 3.47. The smallest absolute Gasteiger partial charge is 0.124 e. The molecule has 1 aliphatic rings. The van der Waals surface area contributed by atoms with Crippen LogP contribution in [-0.2, 0) is 0 Å². The predicted molar refractivity (Wildman–Crippen MR) is 74.5 cm³/mol. The summed E-state index contributed by atoms with van der Waals surface area (Å²) in [6, 6.07) is 4.24. The van der Waals surface area contributed by atoms with Gasteiger partial charge < -0.3 is 5.32 Å². The maximum absolute atomic E-state index is 13.3. The average molecular weight is 342 g/mol. The standard InChI is InChI=1S/C12H15BrF2N2.ClH/c13-10-5-9(6-11(15)7-10)12(8-14)17-3-1-16-2-4-17;/h5-7,12,16H,1-4,8H2;1H/t12-;/m0./s1. The number of nitrogens with one attached hydrogen (secondary N) is 1. The zero-order chi connectivity index (χ0) is 12.3. The molecule has 0 radical (unpaired) electrons. The number of halogens is 4. The molecule has 1 heterocycles. The predicted octanol–water partition coefficient (Wildman–Crippen LogP) is 2.93. The van der Waals surface area contributed by atoms with E-state index < -0.39 is 6.67 Å². The SMILES string of the molecule is Cl.FC[C@@H](c1cc(F)cc(Br)c1)N1CCNCC1. The minimum Gasteiger partial charge on any atom is -0.314 e. The second-order valence-electron chi connectivity index (χ2n) is 4.16. The van der Waals surface area contributed by atoms with Crippen molar-refractivity contribution in [3.63, 3.8) is 0 Å². The molecule has 6 heteroatoms. The van der Waals surface area contributed by atoms with E-state index in [9.17, 15) is 8.78 Å². The van der Waals surface area contributed by atoms with E-state index in [-0.39, 0.29) is 24.3 Å². The van der Waals surface area contributed by atoms with Crippen LogP contribution in [0.3, 0.4) is 0 Å². The number of rotatable bonds is 3. The highest BCUT2D eigenvalue weighted by Crippen LogP contribution is 2.25. The lowest BCUT2D eigenvalue weighted by Crippen LogP contribution is -2.45. The van der Waals surface area contributed by atoms with Gasteiger partial charge in [-0.1, -0.05) is 15.9 Å². The van der Waals surface area contributed by atoms with Crippen LogP contribution in [0.2, 0.25) is 0 Å². The molecule has 2 nitrogen and oxygen atoms in total. The van der Waals surface area contributed by atoms with E-state index in [0.29, 0.717) is 10.0 Å². The number of alkyl halides is 1. The molecular formula is C12H16BrClF2N2. The number of piperazine rings is 1. The number of hydrogen-bond acceptors (Lipinski definition) is 2. The highest BCUT2D eigenvalue weighted by molar-refractivity contribution is 9.10. The first-order valence-electron chi connectivity index (χ1n) is 5.67. The normalized spacial score (nSPS) is 18.2. The Kier molecular flexibility index (Phi) is 6.49. The van der Waals surface area contributed by atoms with Gasteiger partial charge in [0.1, 0.15) is 12.5 Å². The van der Waals surface area contributed by atoms with Gasteiger partial charge in [-0.15, -0.1) is 12.4 Å². The highest BCUT2D eigenvalue weighted by Gasteiger charge is 2.22. The van der Waals surface area contributed by atoms with Gasteiger partial charge >= 0.3 is 0 Å².